The van der Waals surface area contributed by atoms with Crippen LogP contribution in [0.2, 0.25) is 0 Å². The standard InChI is InChI=1S/C31H18N4/c1-2-6-20-17(5-1)13-18-14-19-15-25-21(24(19)16-23(18)20)9-10-22-28(25)29-27(8-4-11-32-29)35-30(22)34-26-7-3-12-33-31(26)35/h1-12,14,16H,13,15H2. The van der Waals surface area contributed by atoms with E-state index in [2.05, 4.69) is 64.0 Å². The summed E-state index contributed by atoms with van der Waals surface area (Å²) in [5.41, 5.74) is 15.9. The highest BCUT2D eigenvalue weighted by Crippen LogP contribution is 2.47. The molecule has 0 saturated carbocycles. The minimum atomic E-state index is 0.876. The van der Waals surface area contributed by atoms with Crippen molar-refractivity contribution in [2.45, 2.75) is 12.8 Å². The largest absolute Gasteiger partial charge is 0.274 e. The lowest BCUT2D eigenvalue weighted by Crippen LogP contribution is -1.96. The van der Waals surface area contributed by atoms with Crippen molar-refractivity contribution in [1.82, 2.24) is 19.4 Å². The summed E-state index contributed by atoms with van der Waals surface area (Å²) in [6.07, 6.45) is 5.67. The van der Waals surface area contributed by atoms with Gasteiger partial charge in [-0.05, 0) is 93.7 Å². The van der Waals surface area contributed by atoms with Gasteiger partial charge in [0.25, 0.3) is 0 Å². The summed E-state index contributed by atoms with van der Waals surface area (Å²) in [5.74, 6) is 0. The molecule has 35 heavy (non-hydrogen) atoms. The molecule has 4 nitrogen and oxygen atoms in total. The van der Waals surface area contributed by atoms with Crippen molar-refractivity contribution >= 4 is 38.6 Å². The minimum absolute atomic E-state index is 0.876. The Morgan fingerprint density at radius 2 is 1.49 bits per heavy atom. The van der Waals surface area contributed by atoms with Crippen LogP contribution in [0, 0.1) is 0 Å². The van der Waals surface area contributed by atoms with E-state index in [0.29, 0.717) is 0 Å². The molecule has 0 aliphatic heterocycles. The summed E-state index contributed by atoms with van der Waals surface area (Å²) in [6.45, 7) is 0. The second-order valence-corrected chi connectivity index (χ2v) is 9.68. The second kappa shape index (κ2) is 6.10. The van der Waals surface area contributed by atoms with E-state index in [1.165, 1.54) is 49.9 Å². The molecule has 0 saturated heterocycles. The van der Waals surface area contributed by atoms with E-state index in [1.54, 1.807) is 0 Å². The second-order valence-electron chi connectivity index (χ2n) is 9.68. The summed E-state index contributed by atoms with van der Waals surface area (Å²) in [5, 5.41) is 2.36. The van der Waals surface area contributed by atoms with E-state index >= 15 is 0 Å². The number of fused-ring (bicyclic) bond motifs is 15. The van der Waals surface area contributed by atoms with E-state index < -0.39 is 0 Å². The zero-order valence-corrected chi connectivity index (χ0v) is 18.8. The average Bonchev–Trinajstić information content (AvgIpc) is 3.58. The van der Waals surface area contributed by atoms with Gasteiger partial charge < -0.3 is 0 Å². The minimum Gasteiger partial charge on any atom is -0.274 e. The topological polar surface area (TPSA) is 43.1 Å². The third-order valence-electron chi connectivity index (χ3n) is 7.91. The molecule has 2 aliphatic rings. The lowest BCUT2D eigenvalue weighted by molar-refractivity contribution is 1.21. The maximum atomic E-state index is 5.02. The Kier molecular flexibility index (Phi) is 3.11. The van der Waals surface area contributed by atoms with Crippen LogP contribution in [0.1, 0.15) is 22.3 Å². The summed E-state index contributed by atoms with van der Waals surface area (Å²) in [6, 6.07) is 26.3. The predicted octanol–water partition coefficient (Wildman–Crippen LogP) is 6.73. The highest BCUT2D eigenvalue weighted by molar-refractivity contribution is 6.15. The van der Waals surface area contributed by atoms with Crippen LogP contribution in [0.25, 0.3) is 60.9 Å². The highest BCUT2D eigenvalue weighted by Gasteiger charge is 2.28. The normalized spacial score (nSPS) is 13.5. The molecule has 4 heteroatoms. The summed E-state index contributed by atoms with van der Waals surface area (Å²) < 4.78 is 2.17. The molecule has 0 atom stereocenters. The lowest BCUT2D eigenvalue weighted by Gasteiger charge is -2.12. The summed E-state index contributed by atoms with van der Waals surface area (Å²) >= 11 is 0. The molecule has 0 fully saturated rings. The van der Waals surface area contributed by atoms with Crippen molar-refractivity contribution in [3.8, 4) is 22.3 Å². The van der Waals surface area contributed by atoms with Crippen molar-refractivity contribution < 1.29 is 0 Å². The Morgan fingerprint density at radius 3 is 2.49 bits per heavy atom. The Bertz CT molecular complexity index is 2070. The lowest BCUT2D eigenvalue weighted by atomic mass is 9.96. The van der Waals surface area contributed by atoms with Gasteiger partial charge in [0.15, 0.2) is 5.65 Å². The molecule has 0 unspecified atom stereocenters. The highest BCUT2D eigenvalue weighted by atomic mass is 15.1. The molecule has 0 N–H and O–H groups in total. The van der Waals surface area contributed by atoms with Crippen LogP contribution in [0.15, 0.2) is 85.2 Å². The van der Waals surface area contributed by atoms with Crippen molar-refractivity contribution in [3.05, 3.63) is 107 Å². The number of hydrogen-bond donors (Lipinski definition) is 0. The van der Waals surface area contributed by atoms with E-state index in [-0.39, 0.29) is 0 Å². The van der Waals surface area contributed by atoms with E-state index in [4.69, 9.17) is 9.97 Å². The van der Waals surface area contributed by atoms with Gasteiger partial charge in [0, 0.05) is 23.2 Å². The van der Waals surface area contributed by atoms with Gasteiger partial charge in [0.2, 0.25) is 0 Å². The van der Waals surface area contributed by atoms with Gasteiger partial charge in [-0.25, -0.2) is 9.97 Å². The number of aromatic nitrogens is 4. The number of imidazole rings is 1. The van der Waals surface area contributed by atoms with Gasteiger partial charge in [-0.3, -0.25) is 9.38 Å². The predicted molar refractivity (Wildman–Crippen MR) is 140 cm³/mol. The van der Waals surface area contributed by atoms with Crippen LogP contribution in [0.5, 0.6) is 0 Å². The van der Waals surface area contributed by atoms with Crippen LogP contribution < -0.4 is 0 Å². The SMILES string of the molecule is c1ccc2c(c1)Cc1cc3c(cc1-2)-c1ccc2c(c1C3)c1ncccc1n1c3ncccc3nc21. The van der Waals surface area contributed by atoms with E-state index in [1.807, 2.05) is 30.6 Å². The summed E-state index contributed by atoms with van der Waals surface area (Å²) in [4.78, 5) is 14.6. The first-order valence-electron chi connectivity index (χ1n) is 12.0. The third kappa shape index (κ3) is 2.15. The van der Waals surface area contributed by atoms with Crippen LogP contribution in [-0.4, -0.2) is 19.4 Å². The van der Waals surface area contributed by atoms with Crippen LogP contribution in [0.4, 0.5) is 0 Å². The van der Waals surface area contributed by atoms with Crippen molar-refractivity contribution in [2.24, 2.45) is 0 Å². The molecule has 9 rings (SSSR count). The molecular formula is C31H18N4. The fraction of sp³-hybridized carbons (Fsp3) is 0.0645. The monoisotopic (exact) mass is 446 g/mol. The first kappa shape index (κ1) is 17.8. The Hall–Kier alpha value is -4.57. The smallest absolute Gasteiger partial charge is 0.165 e. The van der Waals surface area contributed by atoms with Gasteiger partial charge >= 0.3 is 0 Å². The molecule has 3 aromatic carbocycles. The zero-order valence-electron chi connectivity index (χ0n) is 18.8. The molecule has 162 valence electrons. The fourth-order valence-electron chi connectivity index (χ4n) is 6.45. The maximum Gasteiger partial charge on any atom is 0.165 e. The van der Waals surface area contributed by atoms with Gasteiger partial charge in [-0.1, -0.05) is 36.4 Å². The van der Waals surface area contributed by atoms with Crippen molar-refractivity contribution in [2.75, 3.05) is 0 Å². The van der Waals surface area contributed by atoms with Gasteiger partial charge in [0.05, 0.1) is 11.0 Å². The molecular weight excluding hydrogens is 428 g/mol. The quantitative estimate of drug-likeness (QED) is 0.243. The van der Waals surface area contributed by atoms with E-state index in [9.17, 15) is 0 Å². The number of rotatable bonds is 0. The molecule has 4 aromatic heterocycles. The molecule has 4 heterocycles. The van der Waals surface area contributed by atoms with Crippen LogP contribution in [0.3, 0.4) is 0 Å². The zero-order chi connectivity index (χ0) is 22.7. The Balaban J connectivity index is 1.40. The Labute approximate surface area is 200 Å². The average molecular weight is 447 g/mol. The Morgan fingerprint density at radius 1 is 0.629 bits per heavy atom. The fourth-order valence-corrected chi connectivity index (χ4v) is 6.45. The van der Waals surface area contributed by atoms with Crippen molar-refractivity contribution in [3.63, 3.8) is 0 Å². The van der Waals surface area contributed by atoms with Crippen LogP contribution in [-0.2, 0) is 12.8 Å². The first-order chi connectivity index (χ1) is 17.3. The third-order valence-corrected chi connectivity index (χ3v) is 7.91. The molecule has 2 aliphatic carbocycles. The van der Waals surface area contributed by atoms with E-state index in [0.717, 1.165) is 46.1 Å². The van der Waals surface area contributed by atoms with Gasteiger partial charge in [0.1, 0.15) is 11.2 Å². The molecule has 7 aromatic rings. The number of nitrogens with zero attached hydrogens (tertiary/aromatic N) is 4. The number of hydrogen-bond acceptors (Lipinski definition) is 3. The van der Waals surface area contributed by atoms with Crippen molar-refractivity contribution in [1.29, 1.82) is 0 Å². The van der Waals surface area contributed by atoms with Gasteiger partial charge in [-0.15, -0.1) is 0 Å². The number of pyridine rings is 3. The number of benzene rings is 3. The van der Waals surface area contributed by atoms with Gasteiger partial charge in [-0.2, -0.15) is 0 Å². The molecule has 0 spiro atoms. The van der Waals surface area contributed by atoms with Crippen LogP contribution >= 0.6 is 0 Å². The molecule has 0 radical (unpaired) electrons. The maximum absolute atomic E-state index is 5.02. The molecule has 0 bridgehead atoms. The first-order valence-corrected chi connectivity index (χ1v) is 12.0. The summed E-state index contributed by atoms with van der Waals surface area (Å²) in [7, 11) is 0. The molecule has 0 amide bonds.